The molecular weight excluding hydrogens is 414 g/mol. The van der Waals surface area contributed by atoms with Crippen molar-refractivity contribution in [2.24, 2.45) is 5.92 Å². The number of amides is 2. The van der Waals surface area contributed by atoms with Gasteiger partial charge < -0.3 is 20.1 Å². The van der Waals surface area contributed by atoms with Gasteiger partial charge in [0, 0.05) is 31.0 Å². The zero-order valence-electron chi connectivity index (χ0n) is 17.7. The van der Waals surface area contributed by atoms with Crippen LogP contribution in [0.3, 0.4) is 0 Å². The second-order valence-electron chi connectivity index (χ2n) is 7.50. The first kappa shape index (κ1) is 22.9. The molecule has 1 aromatic heterocycles. The Hall–Kier alpha value is -3.75. The number of carboxylic acid groups (broad SMARTS) is 1. The highest BCUT2D eigenvalue weighted by Crippen LogP contribution is 2.27. The van der Waals surface area contributed by atoms with Crippen LogP contribution in [0.4, 0.5) is 5.69 Å². The van der Waals surface area contributed by atoms with Gasteiger partial charge in [-0.3, -0.25) is 24.2 Å². The number of rotatable bonds is 9. The van der Waals surface area contributed by atoms with Crippen molar-refractivity contribution >= 4 is 29.4 Å². The predicted octanol–water partition coefficient (Wildman–Crippen LogP) is 1.87. The number of aliphatic carboxylic acids is 1. The number of carbonyl (C=O) groups excluding carboxylic acids is 3. The lowest BCUT2D eigenvalue weighted by atomic mass is 10.0. The molecule has 1 aliphatic heterocycles. The molecule has 3 rings (SSSR count). The summed E-state index contributed by atoms with van der Waals surface area (Å²) in [7, 11) is 0. The van der Waals surface area contributed by atoms with Gasteiger partial charge in [0.15, 0.2) is 0 Å². The normalized spacial score (nSPS) is 16.5. The summed E-state index contributed by atoms with van der Waals surface area (Å²) in [6, 6.07) is 9.57. The van der Waals surface area contributed by atoms with Crippen molar-refractivity contribution in [3.8, 4) is 0 Å². The van der Waals surface area contributed by atoms with E-state index in [1.54, 1.807) is 55.7 Å². The monoisotopic (exact) mass is 439 g/mol. The minimum absolute atomic E-state index is 0.0220. The zero-order valence-corrected chi connectivity index (χ0v) is 17.7. The number of hydrogen-bond donors (Lipinski definition) is 2. The van der Waals surface area contributed by atoms with Crippen LogP contribution in [-0.4, -0.2) is 47.0 Å². The van der Waals surface area contributed by atoms with Gasteiger partial charge in [-0.2, -0.15) is 0 Å². The van der Waals surface area contributed by atoms with E-state index in [0.29, 0.717) is 16.8 Å². The number of esters is 1. The van der Waals surface area contributed by atoms with Crippen molar-refractivity contribution in [2.75, 3.05) is 18.1 Å². The summed E-state index contributed by atoms with van der Waals surface area (Å²) in [6.45, 7) is 2.11. The minimum atomic E-state index is -0.963. The molecule has 0 saturated carbocycles. The molecular formula is C23H25N3O6. The van der Waals surface area contributed by atoms with Crippen molar-refractivity contribution in [3.63, 3.8) is 0 Å². The van der Waals surface area contributed by atoms with Gasteiger partial charge in [-0.05, 0) is 36.2 Å². The van der Waals surface area contributed by atoms with Gasteiger partial charge in [0.25, 0.3) is 0 Å². The van der Waals surface area contributed by atoms with Crippen LogP contribution in [0.2, 0.25) is 0 Å². The van der Waals surface area contributed by atoms with Crippen molar-refractivity contribution < 1.29 is 29.0 Å². The quantitative estimate of drug-likeness (QED) is 0.571. The summed E-state index contributed by atoms with van der Waals surface area (Å²) in [5, 5.41) is 11.9. The lowest BCUT2D eigenvalue weighted by Crippen LogP contribution is -2.36. The number of pyridine rings is 1. The van der Waals surface area contributed by atoms with Crippen LogP contribution in [0, 0.1) is 5.92 Å². The fourth-order valence-corrected chi connectivity index (χ4v) is 3.65. The molecule has 1 saturated heterocycles. The first-order valence-corrected chi connectivity index (χ1v) is 10.3. The number of nitrogens with one attached hydrogen (secondary N) is 1. The fraction of sp³-hybridized carbons (Fsp3) is 0.348. The van der Waals surface area contributed by atoms with Gasteiger partial charge in [0.05, 0.1) is 31.4 Å². The molecule has 2 heterocycles. The number of benzene rings is 1. The second-order valence-corrected chi connectivity index (χ2v) is 7.50. The SMILES string of the molecule is CCOC(=O)CC(NC(=O)C1CC(=O)N(c2cccc(CC(=O)O)c2)C1)c1cccnc1. The lowest BCUT2D eigenvalue weighted by molar-refractivity contribution is -0.144. The first-order valence-electron chi connectivity index (χ1n) is 10.3. The molecule has 0 spiro atoms. The van der Waals surface area contributed by atoms with Gasteiger partial charge in [0.1, 0.15) is 0 Å². The Kier molecular flexibility index (Phi) is 7.54. The molecule has 1 aromatic carbocycles. The summed E-state index contributed by atoms with van der Waals surface area (Å²) in [6.07, 6.45) is 2.99. The van der Waals surface area contributed by atoms with E-state index in [2.05, 4.69) is 10.3 Å². The van der Waals surface area contributed by atoms with Crippen molar-refractivity contribution in [3.05, 3.63) is 59.9 Å². The van der Waals surface area contributed by atoms with E-state index in [1.165, 1.54) is 4.90 Å². The number of carbonyl (C=O) groups is 4. The number of nitrogens with zero attached hydrogens (tertiary/aromatic N) is 2. The second kappa shape index (κ2) is 10.5. The summed E-state index contributed by atoms with van der Waals surface area (Å²) in [4.78, 5) is 54.1. The Morgan fingerprint density at radius 2 is 2.09 bits per heavy atom. The van der Waals surface area contributed by atoms with E-state index in [9.17, 15) is 19.2 Å². The molecule has 2 atom stereocenters. The van der Waals surface area contributed by atoms with Crippen LogP contribution < -0.4 is 10.2 Å². The highest BCUT2D eigenvalue weighted by molar-refractivity contribution is 6.00. The van der Waals surface area contributed by atoms with Gasteiger partial charge in [-0.1, -0.05) is 18.2 Å². The smallest absolute Gasteiger partial charge is 0.308 e. The van der Waals surface area contributed by atoms with E-state index in [1.807, 2.05) is 0 Å². The van der Waals surface area contributed by atoms with Gasteiger partial charge in [-0.25, -0.2) is 0 Å². The molecule has 1 aliphatic rings. The Morgan fingerprint density at radius 3 is 2.78 bits per heavy atom. The van der Waals surface area contributed by atoms with Gasteiger partial charge >= 0.3 is 11.9 Å². The van der Waals surface area contributed by atoms with E-state index in [0.717, 1.165) is 0 Å². The fourth-order valence-electron chi connectivity index (χ4n) is 3.65. The Morgan fingerprint density at radius 1 is 1.28 bits per heavy atom. The third-order valence-corrected chi connectivity index (χ3v) is 5.15. The van der Waals surface area contributed by atoms with Crippen LogP contribution in [0.15, 0.2) is 48.8 Å². The molecule has 1 fully saturated rings. The zero-order chi connectivity index (χ0) is 23.1. The molecule has 2 amide bonds. The van der Waals surface area contributed by atoms with Crippen molar-refractivity contribution in [1.29, 1.82) is 0 Å². The van der Waals surface area contributed by atoms with E-state index in [4.69, 9.17) is 9.84 Å². The molecule has 168 valence electrons. The minimum Gasteiger partial charge on any atom is -0.481 e. The first-order chi connectivity index (χ1) is 15.4. The van der Waals surface area contributed by atoms with Gasteiger partial charge in [0.2, 0.25) is 11.8 Å². The molecule has 9 heteroatoms. The average Bonchev–Trinajstić information content (AvgIpc) is 3.15. The highest BCUT2D eigenvalue weighted by Gasteiger charge is 2.36. The van der Waals surface area contributed by atoms with Crippen LogP contribution in [0.1, 0.15) is 36.9 Å². The number of hydrogen-bond acceptors (Lipinski definition) is 6. The standard InChI is InChI=1S/C23H25N3O6/c1-2-32-22(30)12-19(16-6-4-8-24-13-16)25-23(31)17-11-20(27)26(14-17)18-7-3-5-15(9-18)10-21(28)29/h3-9,13,17,19H,2,10-12,14H2,1H3,(H,25,31)(H,28,29). The van der Waals surface area contributed by atoms with E-state index in [-0.39, 0.29) is 44.2 Å². The molecule has 0 radical (unpaired) electrons. The summed E-state index contributed by atoms with van der Waals surface area (Å²) in [5.74, 6) is -2.58. The van der Waals surface area contributed by atoms with Crippen LogP contribution in [-0.2, 0) is 30.3 Å². The molecule has 0 bridgehead atoms. The third-order valence-electron chi connectivity index (χ3n) is 5.15. The van der Waals surface area contributed by atoms with Crippen LogP contribution >= 0.6 is 0 Å². The number of aromatic nitrogens is 1. The number of anilines is 1. The molecule has 2 N–H and O–H groups in total. The van der Waals surface area contributed by atoms with E-state index >= 15 is 0 Å². The van der Waals surface area contributed by atoms with Crippen molar-refractivity contribution in [1.82, 2.24) is 10.3 Å². The largest absolute Gasteiger partial charge is 0.481 e. The lowest BCUT2D eigenvalue weighted by Gasteiger charge is -2.21. The summed E-state index contributed by atoms with van der Waals surface area (Å²) >= 11 is 0. The molecule has 0 aliphatic carbocycles. The molecule has 32 heavy (non-hydrogen) atoms. The summed E-state index contributed by atoms with van der Waals surface area (Å²) in [5.41, 5.74) is 1.79. The maximum absolute atomic E-state index is 13.0. The predicted molar refractivity (Wildman–Crippen MR) is 115 cm³/mol. The number of carboxylic acids is 1. The summed E-state index contributed by atoms with van der Waals surface area (Å²) < 4.78 is 5.02. The van der Waals surface area contributed by atoms with Gasteiger partial charge in [-0.15, -0.1) is 0 Å². The Labute approximate surface area is 185 Å². The molecule has 9 nitrogen and oxygen atoms in total. The maximum atomic E-state index is 13.0. The average molecular weight is 439 g/mol. The molecule has 2 unspecified atom stereocenters. The Bertz CT molecular complexity index is 994. The third kappa shape index (κ3) is 5.90. The van der Waals surface area contributed by atoms with Crippen LogP contribution in [0.25, 0.3) is 0 Å². The topological polar surface area (TPSA) is 126 Å². The highest BCUT2D eigenvalue weighted by atomic mass is 16.5. The van der Waals surface area contributed by atoms with Crippen molar-refractivity contribution in [2.45, 2.75) is 32.2 Å². The van der Waals surface area contributed by atoms with E-state index < -0.39 is 23.9 Å². The Balaban J connectivity index is 1.71. The number of ether oxygens (including phenoxy) is 1. The maximum Gasteiger partial charge on any atom is 0.308 e. The van der Waals surface area contributed by atoms with Crippen LogP contribution in [0.5, 0.6) is 0 Å². The molecule has 2 aromatic rings.